The number of halogens is 1. The van der Waals surface area contributed by atoms with Crippen LogP contribution in [0, 0.1) is 18.8 Å². The van der Waals surface area contributed by atoms with Crippen molar-refractivity contribution in [2.24, 2.45) is 12.8 Å². The smallest absolute Gasteiger partial charge is 0.269 e. The molecule has 1 amide bonds. The van der Waals surface area contributed by atoms with Crippen molar-refractivity contribution >= 4 is 17.5 Å². The van der Waals surface area contributed by atoms with Crippen LogP contribution < -0.4 is 5.73 Å². The molecule has 124 valence electrons. The molecule has 25 heavy (non-hydrogen) atoms. The van der Waals surface area contributed by atoms with E-state index in [4.69, 9.17) is 17.3 Å². The van der Waals surface area contributed by atoms with Gasteiger partial charge in [-0.1, -0.05) is 17.5 Å². The summed E-state index contributed by atoms with van der Waals surface area (Å²) in [6, 6.07) is 5.38. The van der Waals surface area contributed by atoms with Gasteiger partial charge in [0.1, 0.15) is 5.15 Å². The number of hydrogen-bond donors (Lipinski definition) is 1. The van der Waals surface area contributed by atoms with Gasteiger partial charge in [0.05, 0.1) is 5.69 Å². The summed E-state index contributed by atoms with van der Waals surface area (Å²) in [6.45, 7) is 1.84. The van der Waals surface area contributed by atoms with Crippen LogP contribution in [0.1, 0.15) is 27.4 Å². The highest BCUT2D eigenvalue weighted by Gasteiger charge is 2.19. The van der Waals surface area contributed by atoms with Crippen molar-refractivity contribution in [3.05, 3.63) is 64.6 Å². The molecule has 3 rings (SSSR count). The Morgan fingerprint density at radius 2 is 2.08 bits per heavy atom. The lowest BCUT2D eigenvalue weighted by atomic mass is 10.1. The Kier molecular flexibility index (Phi) is 4.50. The van der Waals surface area contributed by atoms with Crippen LogP contribution in [-0.4, -0.2) is 25.4 Å². The molecule has 0 spiro atoms. The summed E-state index contributed by atoms with van der Waals surface area (Å²) in [6.07, 6.45) is 4.89. The Labute approximate surface area is 149 Å². The molecule has 0 aromatic carbocycles. The zero-order chi connectivity index (χ0) is 18.0. The number of hydrogen-bond acceptors (Lipinski definition) is 4. The molecule has 6 nitrogen and oxygen atoms in total. The number of nitrogens with two attached hydrogens (primary N) is 1. The summed E-state index contributed by atoms with van der Waals surface area (Å²) in [5.41, 5.74) is 8.48. The predicted molar refractivity (Wildman–Crippen MR) is 94.9 cm³/mol. The van der Waals surface area contributed by atoms with Crippen LogP contribution in [-0.2, 0) is 7.05 Å². The molecule has 0 aliphatic rings. The molecule has 3 heterocycles. The fourth-order valence-corrected chi connectivity index (χ4v) is 2.54. The number of aromatic nitrogens is 4. The van der Waals surface area contributed by atoms with Crippen molar-refractivity contribution in [2.75, 3.05) is 0 Å². The third-order valence-electron chi connectivity index (χ3n) is 3.71. The van der Waals surface area contributed by atoms with Gasteiger partial charge in [-0.2, -0.15) is 0 Å². The van der Waals surface area contributed by atoms with Crippen LogP contribution in [0.3, 0.4) is 0 Å². The highest BCUT2D eigenvalue weighted by molar-refractivity contribution is 6.30. The lowest BCUT2D eigenvalue weighted by Gasteiger charge is -2.04. The molecular weight excluding hydrogens is 338 g/mol. The number of nitrogens with zero attached hydrogens (tertiary/aromatic N) is 4. The van der Waals surface area contributed by atoms with Crippen molar-refractivity contribution < 1.29 is 4.79 Å². The van der Waals surface area contributed by atoms with Crippen LogP contribution in [0.25, 0.3) is 11.3 Å². The van der Waals surface area contributed by atoms with Crippen molar-refractivity contribution in [1.82, 2.24) is 19.5 Å². The molecule has 0 fully saturated rings. The van der Waals surface area contributed by atoms with E-state index < -0.39 is 5.91 Å². The van der Waals surface area contributed by atoms with Gasteiger partial charge in [0.2, 0.25) is 0 Å². The SMILES string of the molecule is Cc1c(C#Cc2nc(C(N)=O)c(-c3cccnc3)n2C)ccnc1Cl. The molecule has 2 N–H and O–H groups in total. The van der Waals surface area contributed by atoms with Crippen molar-refractivity contribution in [3.63, 3.8) is 0 Å². The first-order chi connectivity index (χ1) is 12.0. The van der Waals surface area contributed by atoms with Gasteiger partial charge in [-0.05, 0) is 31.0 Å². The minimum Gasteiger partial charge on any atom is -0.364 e. The number of amides is 1. The molecule has 0 radical (unpaired) electrons. The maximum atomic E-state index is 11.8. The number of carbonyl (C=O) groups is 1. The van der Waals surface area contributed by atoms with Gasteiger partial charge in [-0.25, -0.2) is 9.97 Å². The van der Waals surface area contributed by atoms with Crippen LogP contribution in [0.2, 0.25) is 5.15 Å². The molecule has 0 atom stereocenters. The van der Waals surface area contributed by atoms with E-state index in [0.717, 1.165) is 16.7 Å². The van der Waals surface area contributed by atoms with Gasteiger partial charge < -0.3 is 10.3 Å². The zero-order valence-electron chi connectivity index (χ0n) is 13.6. The van der Waals surface area contributed by atoms with Gasteiger partial charge in [0.15, 0.2) is 11.5 Å². The lowest BCUT2D eigenvalue weighted by molar-refractivity contribution is 0.0996. The van der Waals surface area contributed by atoms with Crippen LogP contribution in [0.5, 0.6) is 0 Å². The molecule has 0 saturated carbocycles. The molecule has 3 aromatic rings. The van der Waals surface area contributed by atoms with E-state index in [0.29, 0.717) is 16.7 Å². The second-order valence-corrected chi connectivity index (χ2v) is 5.68. The summed E-state index contributed by atoms with van der Waals surface area (Å²) >= 11 is 6.01. The standard InChI is InChI=1S/C18H14ClN5O/c1-11-12(7-9-22-17(11)19)5-6-14-23-15(18(20)25)16(24(14)2)13-4-3-8-21-10-13/h3-4,7-10H,1-2H3,(H2,20,25). The van der Waals surface area contributed by atoms with E-state index in [1.807, 2.05) is 13.0 Å². The van der Waals surface area contributed by atoms with Crippen molar-refractivity contribution in [2.45, 2.75) is 6.92 Å². The summed E-state index contributed by atoms with van der Waals surface area (Å²) < 4.78 is 1.72. The van der Waals surface area contributed by atoms with Gasteiger partial charge in [-0.3, -0.25) is 9.78 Å². The van der Waals surface area contributed by atoms with Gasteiger partial charge in [0.25, 0.3) is 5.91 Å². The molecule has 3 aromatic heterocycles. The second-order valence-electron chi connectivity index (χ2n) is 5.32. The summed E-state index contributed by atoms with van der Waals surface area (Å²) in [5.74, 6) is 5.78. The van der Waals surface area contributed by atoms with Gasteiger partial charge in [0, 0.05) is 42.3 Å². The van der Waals surface area contributed by atoms with Crippen LogP contribution in [0.4, 0.5) is 0 Å². The maximum Gasteiger partial charge on any atom is 0.269 e. The average Bonchev–Trinajstić information content (AvgIpc) is 2.94. The minimum atomic E-state index is -0.620. The first kappa shape index (κ1) is 16.7. The molecular formula is C18H14ClN5O. The quantitative estimate of drug-likeness (QED) is 0.567. The summed E-state index contributed by atoms with van der Waals surface area (Å²) in [4.78, 5) is 24.2. The van der Waals surface area contributed by atoms with E-state index in [1.54, 1.807) is 42.3 Å². The molecule has 0 bridgehead atoms. The third kappa shape index (κ3) is 3.23. The summed E-state index contributed by atoms with van der Waals surface area (Å²) in [5, 5.41) is 0.403. The van der Waals surface area contributed by atoms with E-state index in [1.165, 1.54) is 0 Å². The lowest BCUT2D eigenvalue weighted by Crippen LogP contribution is -2.13. The fourth-order valence-electron chi connectivity index (χ4n) is 2.38. The third-order valence-corrected chi connectivity index (χ3v) is 4.10. The van der Waals surface area contributed by atoms with Gasteiger partial charge >= 0.3 is 0 Å². The number of carbonyl (C=O) groups excluding carboxylic acids is 1. The normalized spacial score (nSPS) is 10.2. The Morgan fingerprint density at radius 1 is 1.28 bits per heavy atom. The van der Waals surface area contributed by atoms with Crippen molar-refractivity contribution in [1.29, 1.82) is 0 Å². The van der Waals surface area contributed by atoms with E-state index in [9.17, 15) is 4.79 Å². The topological polar surface area (TPSA) is 86.7 Å². The highest BCUT2D eigenvalue weighted by atomic mass is 35.5. The number of rotatable bonds is 2. The van der Waals surface area contributed by atoms with E-state index in [-0.39, 0.29) is 5.69 Å². The number of pyridine rings is 2. The highest BCUT2D eigenvalue weighted by Crippen LogP contribution is 2.23. The number of imidazole rings is 1. The molecule has 0 aliphatic carbocycles. The van der Waals surface area contributed by atoms with Gasteiger partial charge in [-0.15, -0.1) is 0 Å². The van der Waals surface area contributed by atoms with Crippen LogP contribution in [0.15, 0.2) is 36.8 Å². The number of primary amides is 1. The molecule has 0 aliphatic heterocycles. The first-order valence-corrected chi connectivity index (χ1v) is 7.77. The van der Waals surface area contributed by atoms with Crippen LogP contribution >= 0.6 is 11.6 Å². The maximum absolute atomic E-state index is 11.8. The Hall–Kier alpha value is -3.17. The van der Waals surface area contributed by atoms with E-state index >= 15 is 0 Å². The molecule has 7 heteroatoms. The first-order valence-electron chi connectivity index (χ1n) is 7.39. The Balaban J connectivity index is 2.12. The summed E-state index contributed by atoms with van der Waals surface area (Å²) in [7, 11) is 1.78. The average molecular weight is 352 g/mol. The van der Waals surface area contributed by atoms with E-state index in [2.05, 4.69) is 26.8 Å². The Bertz CT molecular complexity index is 1020. The minimum absolute atomic E-state index is 0.157. The molecule has 0 unspecified atom stereocenters. The fraction of sp³-hybridized carbons (Fsp3) is 0.111. The predicted octanol–water partition coefficient (Wildman–Crippen LogP) is 2.34. The zero-order valence-corrected chi connectivity index (χ0v) is 14.4. The van der Waals surface area contributed by atoms with Crippen molar-refractivity contribution in [3.8, 4) is 23.1 Å². The monoisotopic (exact) mass is 351 g/mol. The Morgan fingerprint density at radius 3 is 2.76 bits per heavy atom. The largest absolute Gasteiger partial charge is 0.364 e. The molecule has 0 saturated heterocycles. The second kappa shape index (κ2) is 6.75.